The molecular weight excluding hydrogens is 607 g/mol. The van der Waals surface area contributed by atoms with Crippen molar-refractivity contribution in [2.75, 3.05) is 45.9 Å². The summed E-state index contributed by atoms with van der Waals surface area (Å²) in [6.45, 7) is 6.45. The van der Waals surface area contributed by atoms with E-state index in [9.17, 15) is 14.4 Å². The van der Waals surface area contributed by atoms with Gasteiger partial charge in [0.1, 0.15) is 11.9 Å². The van der Waals surface area contributed by atoms with Gasteiger partial charge in [-0.2, -0.15) is 0 Å². The summed E-state index contributed by atoms with van der Waals surface area (Å²) in [5.41, 5.74) is 1.69. The van der Waals surface area contributed by atoms with Crippen molar-refractivity contribution in [2.24, 2.45) is 0 Å². The van der Waals surface area contributed by atoms with E-state index in [-0.39, 0.29) is 36.7 Å². The van der Waals surface area contributed by atoms with Crippen LogP contribution in [0.3, 0.4) is 0 Å². The van der Waals surface area contributed by atoms with E-state index < -0.39 is 10.6 Å². The summed E-state index contributed by atoms with van der Waals surface area (Å²) in [5, 5.41) is 7.88. The standard InChI is InChI=1S/C32H36Cl2N4O4S/c1-21(24-9-4-7-22-6-2-3-8-25(22)24)36-29(39)19-28-31(41)38(32(43-28)26-11-10-23(33)18-27(26)34)20-30(40)35-12-5-13-37-14-16-42-17-15-37/h2-4,6-11,18,21,28,32H,5,12-17,19-20H2,1H3,(H,35,40)(H,36,39)/t21-,28+,32+/m0/s1. The molecule has 3 atom stereocenters. The number of carbonyl (C=O) groups excluding carboxylic acids is 3. The Bertz CT molecular complexity index is 1460. The molecule has 0 unspecified atom stereocenters. The smallest absolute Gasteiger partial charge is 0.239 e. The summed E-state index contributed by atoms with van der Waals surface area (Å²) in [5.74, 6) is -0.750. The molecule has 0 spiro atoms. The molecule has 2 fully saturated rings. The van der Waals surface area contributed by atoms with Crippen molar-refractivity contribution in [2.45, 2.75) is 36.4 Å². The van der Waals surface area contributed by atoms with Crippen LogP contribution in [-0.4, -0.2) is 78.7 Å². The summed E-state index contributed by atoms with van der Waals surface area (Å²) >= 11 is 14.0. The SMILES string of the molecule is C[C@H](NC(=O)C[C@H]1S[C@H](c2ccc(Cl)cc2Cl)N(CC(=O)NCCCN2CCOCC2)C1=O)c1cccc2ccccc12. The number of hydrogen-bond acceptors (Lipinski definition) is 6. The highest BCUT2D eigenvalue weighted by molar-refractivity contribution is 8.01. The van der Waals surface area contributed by atoms with Gasteiger partial charge < -0.3 is 20.3 Å². The first-order valence-corrected chi connectivity index (χ1v) is 16.2. The van der Waals surface area contributed by atoms with Crippen LogP contribution in [0.1, 0.15) is 42.3 Å². The molecule has 3 aromatic rings. The summed E-state index contributed by atoms with van der Waals surface area (Å²) in [4.78, 5) is 43.7. The monoisotopic (exact) mass is 642 g/mol. The molecule has 0 aromatic heterocycles. The van der Waals surface area contributed by atoms with Crippen LogP contribution in [0.4, 0.5) is 0 Å². The fourth-order valence-electron chi connectivity index (χ4n) is 5.57. The van der Waals surface area contributed by atoms with Crippen LogP contribution in [0, 0.1) is 0 Å². The first-order chi connectivity index (χ1) is 20.8. The van der Waals surface area contributed by atoms with Gasteiger partial charge in [0.2, 0.25) is 17.7 Å². The molecule has 2 saturated heterocycles. The number of fused-ring (bicyclic) bond motifs is 1. The van der Waals surface area contributed by atoms with Crippen LogP contribution in [0.2, 0.25) is 10.0 Å². The zero-order valence-corrected chi connectivity index (χ0v) is 26.4. The molecule has 228 valence electrons. The fourth-order valence-corrected chi connectivity index (χ4v) is 7.63. The summed E-state index contributed by atoms with van der Waals surface area (Å²) < 4.78 is 5.38. The maximum atomic E-state index is 13.7. The quantitative estimate of drug-likeness (QED) is 0.280. The van der Waals surface area contributed by atoms with Gasteiger partial charge in [0.15, 0.2) is 0 Å². The molecule has 5 rings (SSSR count). The van der Waals surface area contributed by atoms with Crippen LogP contribution in [0.25, 0.3) is 10.8 Å². The maximum Gasteiger partial charge on any atom is 0.239 e. The topological polar surface area (TPSA) is 91.0 Å². The van der Waals surface area contributed by atoms with Crippen molar-refractivity contribution in [3.63, 3.8) is 0 Å². The van der Waals surface area contributed by atoms with Gasteiger partial charge in [-0.05, 0) is 48.4 Å². The molecule has 0 aliphatic carbocycles. The molecular formula is C32H36Cl2N4O4S. The number of nitrogens with zero attached hydrogens (tertiary/aromatic N) is 2. The van der Waals surface area contributed by atoms with Gasteiger partial charge in [-0.1, -0.05) is 71.7 Å². The number of halogens is 2. The highest BCUT2D eigenvalue weighted by Crippen LogP contribution is 2.46. The van der Waals surface area contributed by atoms with Crippen molar-refractivity contribution in [3.8, 4) is 0 Å². The van der Waals surface area contributed by atoms with Crippen LogP contribution in [0.15, 0.2) is 60.7 Å². The molecule has 2 aliphatic heterocycles. The second kappa shape index (κ2) is 14.8. The Morgan fingerprint density at radius 1 is 1.05 bits per heavy atom. The van der Waals surface area contributed by atoms with E-state index in [1.54, 1.807) is 18.2 Å². The summed E-state index contributed by atoms with van der Waals surface area (Å²) in [7, 11) is 0. The van der Waals surface area contributed by atoms with Gasteiger partial charge in [0.25, 0.3) is 0 Å². The number of ether oxygens (including phenoxy) is 1. The molecule has 2 N–H and O–H groups in total. The third-order valence-electron chi connectivity index (χ3n) is 7.79. The molecule has 8 nitrogen and oxygen atoms in total. The summed E-state index contributed by atoms with van der Waals surface area (Å²) in [6.07, 6.45) is 0.788. The predicted octanol–water partition coefficient (Wildman–Crippen LogP) is 5.20. The van der Waals surface area contributed by atoms with E-state index in [2.05, 4.69) is 15.5 Å². The van der Waals surface area contributed by atoms with Crippen LogP contribution < -0.4 is 10.6 Å². The lowest BCUT2D eigenvalue weighted by Gasteiger charge is -2.26. The second-order valence-electron chi connectivity index (χ2n) is 10.8. The number of hydrogen-bond donors (Lipinski definition) is 2. The summed E-state index contributed by atoms with van der Waals surface area (Å²) in [6, 6.07) is 18.9. The molecule has 3 amide bonds. The van der Waals surface area contributed by atoms with Crippen LogP contribution >= 0.6 is 35.0 Å². The highest BCUT2D eigenvalue weighted by atomic mass is 35.5. The van der Waals surface area contributed by atoms with E-state index in [1.807, 2.05) is 49.4 Å². The van der Waals surface area contributed by atoms with Gasteiger partial charge in [-0.25, -0.2) is 0 Å². The van der Waals surface area contributed by atoms with E-state index in [0.29, 0.717) is 22.2 Å². The van der Waals surface area contributed by atoms with Gasteiger partial charge in [0, 0.05) is 41.7 Å². The Morgan fingerprint density at radius 2 is 1.81 bits per heavy atom. The lowest BCUT2D eigenvalue weighted by molar-refractivity contribution is -0.136. The first kappa shape index (κ1) is 31.6. The van der Waals surface area contributed by atoms with Crippen molar-refractivity contribution in [3.05, 3.63) is 81.8 Å². The lowest BCUT2D eigenvalue weighted by atomic mass is 9.99. The number of thioether (sulfide) groups is 1. The van der Waals surface area contributed by atoms with Crippen LogP contribution in [0.5, 0.6) is 0 Å². The molecule has 0 saturated carbocycles. The van der Waals surface area contributed by atoms with Gasteiger partial charge in [-0.15, -0.1) is 11.8 Å². The molecule has 11 heteroatoms. The second-order valence-corrected chi connectivity index (χ2v) is 13.0. The normalized spacial score (nSPS) is 19.9. The van der Waals surface area contributed by atoms with Gasteiger partial charge in [-0.3, -0.25) is 19.3 Å². The molecule has 43 heavy (non-hydrogen) atoms. The molecule has 0 radical (unpaired) electrons. The number of benzene rings is 3. The van der Waals surface area contributed by atoms with Crippen molar-refractivity contribution < 1.29 is 19.1 Å². The molecule has 2 heterocycles. The third-order valence-corrected chi connectivity index (χ3v) is 9.82. The zero-order chi connectivity index (χ0) is 30.3. The number of nitrogens with one attached hydrogen (secondary N) is 2. The van der Waals surface area contributed by atoms with E-state index in [0.717, 1.165) is 55.6 Å². The minimum Gasteiger partial charge on any atom is -0.379 e. The molecule has 3 aromatic carbocycles. The Hall–Kier alpha value is -2.82. The van der Waals surface area contributed by atoms with E-state index in [4.69, 9.17) is 27.9 Å². The average molecular weight is 644 g/mol. The lowest BCUT2D eigenvalue weighted by Crippen LogP contribution is -2.42. The number of carbonyl (C=O) groups is 3. The largest absolute Gasteiger partial charge is 0.379 e. The minimum absolute atomic E-state index is 0.0159. The van der Waals surface area contributed by atoms with Crippen molar-refractivity contribution in [1.82, 2.24) is 20.4 Å². The minimum atomic E-state index is -0.661. The highest BCUT2D eigenvalue weighted by Gasteiger charge is 2.43. The zero-order valence-electron chi connectivity index (χ0n) is 24.1. The third kappa shape index (κ3) is 8.02. The van der Waals surface area contributed by atoms with Gasteiger partial charge >= 0.3 is 0 Å². The Labute approximate surface area is 266 Å². The number of amides is 3. The number of rotatable bonds is 11. The first-order valence-electron chi connectivity index (χ1n) is 14.5. The van der Waals surface area contributed by atoms with Crippen molar-refractivity contribution in [1.29, 1.82) is 0 Å². The Kier molecular flexibility index (Phi) is 10.9. The Morgan fingerprint density at radius 3 is 2.60 bits per heavy atom. The van der Waals surface area contributed by atoms with Gasteiger partial charge in [0.05, 0.1) is 24.5 Å². The van der Waals surface area contributed by atoms with E-state index in [1.165, 1.54) is 16.7 Å². The van der Waals surface area contributed by atoms with Crippen molar-refractivity contribution >= 4 is 63.5 Å². The van der Waals surface area contributed by atoms with E-state index >= 15 is 0 Å². The Balaban J connectivity index is 1.23. The molecule has 0 bridgehead atoms. The number of morpholine rings is 1. The average Bonchev–Trinajstić information content (AvgIpc) is 3.29. The molecule has 2 aliphatic rings. The predicted molar refractivity (Wildman–Crippen MR) is 172 cm³/mol. The maximum absolute atomic E-state index is 13.7. The van der Waals surface area contributed by atoms with Crippen LogP contribution in [-0.2, 0) is 19.1 Å². The fraction of sp³-hybridized carbons (Fsp3) is 0.406.